The maximum absolute atomic E-state index is 11.7. The Kier molecular flexibility index (Phi) is 4.82. The summed E-state index contributed by atoms with van der Waals surface area (Å²) in [5.41, 5.74) is 1.63. The third-order valence-corrected chi connectivity index (χ3v) is 3.21. The highest BCUT2D eigenvalue weighted by atomic mass is 79.9. The molecule has 2 N–H and O–H groups in total. The van der Waals surface area contributed by atoms with E-state index in [1.807, 2.05) is 36.4 Å². The lowest BCUT2D eigenvalue weighted by Gasteiger charge is -2.08. The maximum atomic E-state index is 11.7. The average Bonchev–Trinajstić information content (AvgIpc) is 2.41. The van der Waals surface area contributed by atoms with E-state index in [9.17, 15) is 4.79 Å². The van der Waals surface area contributed by atoms with Gasteiger partial charge < -0.3 is 10.6 Å². The molecular formula is C14H12BrClN2O. The smallest absolute Gasteiger partial charge is 0.243 e. The fourth-order valence-corrected chi connectivity index (χ4v) is 1.88. The third-order valence-electron chi connectivity index (χ3n) is 2.43. The first-order valence-electron chi connectivity index (χ1n) is 5.68. The van der Waals surface area contributed by atoms with Gasteiger partial charge in [-0.05, 0) is 48.5 Å². The highest BCUT2D eigenvalue weighted by Gasteiger charge is 2.02. The zero-order valence-electron chi connectivity index (χ0n) is 9.99. The second-order valence-corrected chi connectivity index (χ2v) is 5.27. The fourth-order valence-electron chi connectivity index (χ4n) is 1.49. The number of amides is 1. The lowest BCUT2D eigenvalue weighted by Crippen LogP contribution is -2.21. The molecule has 1 amide bonds. The molecule has 0 saturated carbocycles. The Morgan fingerprint density at radius 2 is 1.58 bits per heavy atom. The average molecular weight is 340 g/mol. The second-order valence-electron chi connectivity index (χ2n) is 3.92. The lowest BCUT2D eigenvalue weighted by molar-refractivity contribution is -0.114. The van der Waals surface area contributed by atoms with Gasteiger partial charge in [0.2, 0.25) is 5.91 Å². The SMILES string of the molecule is O=C(CNc1ccc(Cl)cc1)Nc1ccc(Br)cc1. The normalized spacial score (nSPS) is 10.0. The number of rotatable bonds is 4. The molecule has 2 rings (SSSR count). The Hall–Kier alpha value is -1.52. The topological polar surface area (TPSA) is 41.1 Å². The molecule has 98 valence electrons. The van der Waals surface area contributed by atoms with Crippen LogP contribution in [0.25, 0.3) is 0 Å². The molecule has 0 aromatic heterocycles. The van der Waals surface area contributed by atoms with Gasteiger partial charge in [0.1, 0.15) is 0 Å². The van der Waals surface area contributed by atoms with Crippen molar-refractivity contribution >= 4 is 44.8 Å². The Morgan fingerprint density at radius 3 is 2.21 bits per heavy atom. The zero-order chi connectivity index (χ0) is 13.7. The third kappa shape index (κ3) is 4.58. The molecule has 2 aromatic carbocycles. The van der Waals surface area contributed by atoms with Crippen LogP contribution in [0, 0.1) is 0 Å². The molecule has 3 nitrogen and oxygen atoms in total. The molecule has 0 aliphatic rings. The Balaban J connectivity index is 1.84. The van der Waals surface area contributed by atoms with Gasteiger partial charge in [-0.15, -0.1) is 0 Å². The summed E-state index contributed by atoms with van der Waals surface area (Å²) in [6.07, 6.45) is 0. The molecule has 5 heteroatoms. The standard InChI is InChI=1S/C14H12BrClN2O/c15-10-1-5-13(6-2-10)18-14(19)9-17-12-7-3-11(16)4-8-12/h1-8,17H,9H2,(H,18,19). The summed E-state index contributed by atoms with van der Waals surface area (Å²) in [4.78, 5) is 11.7. The van der Waals surface area contributed by atoms with E-state index in [-0.39, 0.29) is 12.5 Å². The van der Waals surface area contributed by atoms with E-state index in [1.165, 1.54) is 0 Å². The van der Waals surface area contributed by atoms with Crippen molar-refractivity contribution in [2.24, 2.45) is 0 Å². The molecule has 0 aliphatic heterocycles. The maximum Gasteiger partial charge on any atom is 0.243 e. The Labute approximate surface area is 125 Å². The first kappa shape index (κ1) is 13.9. The van der Waals surface area contributed by atoms with Crippen molar-refractivity contribution in [3.63, 3.8) is 0 Å². The molecule has 0 bridgehead atoms. The van der Waals surface area contributed by atoms with Gasteiger partial charge in [0.05, 0.1) is 6.54 Å². The molecular weight excluding hydrogens is 328 g/mol. The first-order chi connectivity index (χ1) is 9.13. The van der Waals surface area contributed by atoms with Crippen LogP contribution >= 0.6 is 27.5 Å². The summed E-state index contributed by atoms with van der Waals surface area (Å²) in [5.74, 6) is -0.0997. The van der Waals surface area contributed by atoms with Crippen molar-refractivity contribution < 1.29 is 4.79 Å². The Morgan fingerprint density at radius 1 is 1.00 bits per heavy atom. The van der Waals surface area contributed by atoms with E-state index < -0.39 is 0 Å². The van der Waals surface area contributed by atoms with Crippen molar-refractivity contribution in [3.05, 3.63) is 58.0 Å². The van der Waals surface area contributed by atoms with E-state index in [2.05, 4.69) is 26.6 Å². The van der Waals surface area contributed by atoms with Crippen molar-refractivity contribution in [1.29, 1.82) is 0 Å². The van der Waals surface area contributed by atoms with Gasteiger partial charge in [-0.1, -0.05) is 27.5 Å². The molecule has 0 aliphatic carbocycles. The van der Waals surface area contributed by atoms with Crippen molar-refractivity contribution in [2.75, 3.05) is 17.2 Å². The molecule has 0 saturated heterocycles. The number of hydrogen-bond acceptors (Lipinski definition) is 2. The van der Waals surface area contributed by atoms with Crippen LogP contribution in [0.3, 0.4) is 0 Å². The zero-order valence-corrected chi connectivity index (χ0v) is 12.3. The van der Waals surface area contributed by atoms with Crippen LogP contribution in [0.2, 0.25) is 5.02 Å². The lowest BCUT2D eigenvalue weighted by atomic mass is 10.3. The minimum Gasteiger partial charge on any atom is -0.376 e. The molecule has 0 atom stereocenters. The number of nitrogens with one attached hydrogen (secondary N) is 2. The molecule has 0 radical (unpaired) electrons. The molecule has 0 unspecified atom stereocenters. The van der Waals surface area contributed by atoms with Crippen molar-refractivity contribution in [3.8, 4) is 0 Å². The van der Waals surface area contributed by atoms with Crippen LogP contribution < -0.4 is 10.6 Å². The van der Waals surface area contributed by atoms with Crippen LogP contribution in [-0.2, 0) is 4.79 Å². The quantitative estimate of drug-likeness (QED) is 0.878. The predicted octanol–water partition coefficient (Wildman–Crippen LogP) is 4.15. The predicted molar refractivity (Wildman–Crippen MR) is 82.7 cm³/mol. The van der Waals surface area contributed by atoms with Crippen LogP contribution in [0.5, 0.6) is 0 Å². The summed E-state index contributed by atoms with van der Waals surface area (Å²) >= 11 is 9.13. The van der Waals surface area contributed by atoms with Gasteiger partial charge in [-0.2, -0.15) is 0 Å². The number of benzene rings is 2. The monoisotopic (exact) mass is 338 g/mol. The van der Waals surface area contributed by atoms with Gasteiger partial charge in [0, 0.05) is 20.9 Å². The minimum absolute atomic E-state index is 0.0997. The summed E-state index contributed by atoms with van der Waals surface area (Å²) in [7, 11) is 0. The summed E-state index contributed by atoms with van der Waals surface area (Å²) in [5, 5.41) is 6.50. The number of anilines is 2. The van der Waals surface area contributed by atoms with E-state index in [0.717, 1.165) is 15.8 Å². The summed E-state index contributed by atoms with van der Waals surface area (Å²) < 4.78 is 0.977. The second kappa shape index (κ2) is 6.59. The first-order valence-corrected chi connectivity index (χ1v) is 6.85. The molecule has 2 aromatic rings. The number of halogens is 2. The van der Waals surface area contributed by atoms with Crippen LogP contribution in [0.4, 0.5) is 11.4 Å². The van der Waals surface area contributed by atoms with Crippen LogP contribution in [0.1, 0.15) is 0 Å². The molecule has 0 heterocycles. The molecule has 0 spiro atoms. The van der Waals surface area contributed by atoms with Crippen molar-refractivity contribution in [2.45, 2.75) is 0 Å². The van der Waals surface area contributed by atoms with E-state index >= 15 is 0 Å². The highest BCUT2D eigenvalue weighted by Crippen LogP contribution is 2.15. The molecule has 0 fully saturated rings. The Bertz CT molecular complexity index is 555. The summed E-state index contributed by atoms with van der Waals surface area (Å²) in [6.45, 7) is 0.206. The van der Waals surface area contributed by atoms with E-state index in [0.29, 0.717) is 5.02 Å². The van der Waals surface area contributed by atoms with E-state index in [1.54, 1.807) is 12.1 Å². The van der Waals surface area contributed by atoms with Crippen LogP contribution in [0.15, 0.2) is 53.0 Å². The van der Waals surface area contributed by atoms with Crippen LogP contribution in [-0.4, -0.2) is 12.5 Å². The van der Waals surface area contributed by atoms with Gasteiger partial charge in [-0.25, -0.2) is 0 Å². The fraction of sp³-hybridized carbons (Fsp3) is 0.0714. The van der Waals surface area contributed by atoms with E-state index in [4.69, 9.17) is 11.6 Å². The van der Waals surface area contributed by atoms with Gasteiger partial charge in [0.25, 0.3) is 0 Å². The largest absolute Gasteiger partial charge is 0.376 e. The number of carbonyl (C=O) groups excluding carboxylic acids is 1. The number of hydrogen-bond donors (Lipinski definition) is 2. The summed E-state index contributed by atoms with van der Waals surface area (Å²) in [6, 6.07) is 14.6. The van der Waals surface area contributed by atoms with Gasteiger partial charge >= 0.3 is 0 Å². The molecule has 19 heavy (non-hydrogen) atoms. The minimum atomic E-state index is -0.0997. The van der Waals surface area contributed by atoms with Crippen molar-refractivity contribution in [1.82, 2.24) is 0 Å². The van der Waals surface area contributed by atoms with Gasteiger partial charge in [-0.3, -0.25) is 4.79 Å². The number of carbonyl (C=O) groups is 1. The highest BCUT2D eigenvalue weighted by molar-refractivity contribution is 9.10. The van der Waals surface area contributed by atoms with Gasteiger partial charge in [0.15, 0.2) is 0 Å².